The van der Waals surface area contributed by atoms with Gasteiger partial charge >= 0.3 is 0 Å². The molecule has 1 N–H and O–H groups in total. The zero-order chi connectivity index (χ0) is 13.6. The summed E-state index contributed by atoms with van der Waals surface area (Å²) in [6.07, 6.45) is 3.00. The molecule has 0 aliphatic rings. The first-order valence-corrected chi connectivity index (χ1v) is 8.18. The van der Waals surface area contributed by atoms with Gasteiger partial charge in [-0.2, -0.15) is 0 Å². The van der Waals surface area contributed by atoms with Crippen LogP contribution in [0.5, 0.6) is 0 Å². The number of pyridine rings is 1. The largest absolute Gasteiger partial charge is 0.312 e. The van der Waals surface area contributed by atoms with E-state index in [1.54, 1.807) is 25.3 Å². The maximum atomic E-state index is 11.4. The monoisotopic (exact) mass is 290 g/mol. The normalized spacial score (nSPS) is 13.5. The van der Waals surface area contributed by atoms with Crippen molar-refractivity contribution in [1.82, 2.24) is 10.3 Å². The molecule has 1 unspecified atom stereocenters. The molecule has 1 heterocycles. The van der Waals surface area contributed by atoms with Crippen molar-refractivity contribution in [3.63, 3.8) is 0 Å². The highest BCUT2D eigenvalue weighted by atomic mass is 35.5. The molecule has 0 radical (unpaired) electrons. The van der Waals surface area contributed by atoms with E-state index in [9.17, 15) is 8.42 Å². The summed E-state index contributed by atoms with van der Waals surface area (Å²) in [6, 6.07) is 3.56. The molecule has 1 rings (SSSR count). The second-order valence-electron chi connectivity index (χ2n) is 4.09. The Morgan fingerprint density at radius 1 is 1.50 bits per heavy atom. The van der Waals surface area contributed by atoms with Crippen LogP contribution in [-0.2, 0) is 9.84 Å². The van der Waals surface area contributed by atoms with Crippen LogP contribution in [0.15, 0.2) is 18.3 Å². The van der Waals surface area contributed by atoms with E-state index in [0.29, 0.717) is 17.9 Å². The molecule has 0 saturated carbocycles. The Hall–Kier alpha value is -0.650. The summed E-state index contributed by atoms with van der Waals surface area (Å²) >= 11 is 6.07. The van der Waals surface area contributed by atoms with Crippen molar-refractivity contribution >= 4 is 21.4 Å². The van der Waals surface area contributed by atoms with Gasteiger partial charge in [-0.25, -0.2) is 8.42 Å². The quantitative estimate of drug-likeness (QED) is 0.836. The number of rotatable bonds is 7. The number of hydrogen-bond donors (Lipinski definition) is 1. The van der Waals surface area contributed by atoms with Crippen LogP contribution < -0.4 is 5.32 Å². The summed E-state index contributed by atoms with van der Waals surface area (Å²) in [4.78, 5) is 4.24. The van der Waals surface area contributed by atoms with Crippen LogP contribution in [0.4, 0.5) is 0 Å². The average molecular weight is 291 g/mol. The van der Waals surface area contributed by atoms with Gasteiger partial charge in [-0.05, 0) is 32.0 Å². The van der Waals surface area contributed by atoms with E-state index in [0.717, 1.165) is 5.69 Å². The van der Waals surface area contributed by atoms with Crippen molar-refractivity contribution in [2.24, 2.45) is 0 Å². The minimum absolute atomic E-state index is 0.00856. The molecule has 18 heavy (non-hydrogen) atoms. The molecule has 1 atom stereocenters. The first-order chi connectivity index (χ1) is 8.50. The summed E-state index contributed by atoms with van der Waals surface area (Å²) in [5.41, 5.74) is 0.774. The number of nitrogens with one attached hydrogen (secondary N) is 1. The Bertz CT molecular complexity index is 477. The van der Waals surface area contributed by atoms with E-state index >= 15 is 0 Å². The van der Waals surface area contributed by atoms with Gasteiger partial charge in [0, 0.05) is 11.9 Å². The maximum absolute atomic E-state index is 11.4. The van der Waals surface area contributed by atoms with Crippen LogP contribution in [0.3, 0.4) is 0 Å². The first kappa shape index (κ1) is 15.4. The molecule has 4 nitrogen and oxygen atoms in total. The van der Waals surface area contributed by atoms with E-state index < -0.39 is 9.84 Å². The van der Waals surface area contributed by atoms with Gasteiger partial charge in [-0.15, -0.1) is 0 Å². The van der Waals surface area contributed by atoms with E-state index in [1.165, 1.54) is 0 Å². The Balaban J connectivity index is 2.61. The van der Waals surface area contributed by atoms with E-state index in [2.05, 4.69) is 10.3 Å². The minimum atomic E-state index is -2.90. The maximum Gasteiger partial charge on any atom is 0.150 e. The van der Waals surface area contributed by atoms with Gasteiger partial charge in [0.1, 0.15) is 9.84 Å². The second kappa shape index (κ2) is 7.07. The van der Waals surface area contributed by atoms with Crippen molar-refractivity contribution in [3.05, 3.63) is 29.0 Å². The van der Waals surface area contributed by atoms with Crippen LogP contribution in [0, 0.1) is 0 Å². The Morgan fingerprint density at radius 2 is 2.22 bits per heavy atom. The highest BCUT2D eigenvalue weighted by Gasteiger charge is 2.15. The Kier molecular flexibility index (Phi) is 6.05. The number of aromatic nitrogens is 1. The Morgan fingerprint density at radius 3 is 2.78 bits per heavy atom. The summed E-state index contributed by atoms with van der Waals surface area (Å²) in [5.74, 6) is 0.410. The van der Waals surface area contributed by atoms with Crippen molar-refractivity contribution in [3.8, 4) is 0 Å². The van der Waals surface area contributed by atoms with Crippen LogP contribution >= 0.6 is 11.6 Å². The number of nitrogens with zero attached hydrogens (tertiary/aromatic N) is 1. The van der Waals surface area contributed by atoms with Gasteiger partial charge in [0.2, 0.25) is 0 Å². The lowest BCUT2D eigenvalue weighted by atomic mass is 10.1. The van der Waals surface area contributed by atoms with E-state index in [-0.39, 0.29) is 17.5 Å². The molecule has 1 aromatic rings. The molecule has 0 spiro atoms. The van der Waals surface area contributed by atoms with Crippen molar-refractivity contribution < 1.29 is 8.42 Å². The highest BCUT2D eigenvalue weighted by molar-refractivity contribution is 7.91. The van der Waals surface area contributed by atoms with Gasteiger partial charge in [0.15, 0.2) is 0 Å². The van der Waals surface area contributed by atoms with Crippen LogP contribution in [0.2, 0.25) is 5.02 Å². The molecule has 1 aromatic heterocycles. The van der Waals surface area contributed by atoms with Crippen LogP contribution in [-0.4, -0.2) is 32.0 Å². The van der Waals surface area contributed by atoms with Crippen LogP contribution in [0.1, 0.15) is 31.5 Å². The summed E-state index contributed by atoms with van der Waals surface area (Å²) in [7, 11) is -1.07. The van der Waals surface area contributed by atoms with Crippen molar-refractivity contribution in [1.29, 1.82) is 0 Å². The predicted molar refractivity (Wildman–Crippen MR) is 74.6 cm³/mol. The lowest BCUT2D eigenvalue weighted by Gasteiger charge is -2.16. The third-order valence-corrected chi connectivity index (χ3v) is 4.96. The smallest absolute Gasteiger partial charge is 0.150 e. The second-order valence-corrected chi connectivity index (χ2v) is 6.97. The van der Waals surface area contributed by atoms with Gasteiger partial charge in [-0.3, -0.25) is 4.98 Å². The third-order valence-electron chi connectivity index (χ3n) is 2.85. The van der Waals surface area contributed by atoms with Gasteiger partial charge in [0.05, 0.1) is 22.5 Å². The third kappa shape index (κ3) is 4.55. The van der Waals surface area contributed by atoms with Crippen LogP contribution in [0.25, 0.3) is 0 Å². The number of sulfone groups is 1. The molecule has 102 valence electrons. The summed E-state index contributed by atoms with van der Waals surface area (Å²) in [5, 5.41) is 3.73. The number of hydrogen-bond acceptors (Lipinski definition) is 4. The molecule has 0 aromatic carbocycles. The fourth-order valence-electron chi connectivity index (χ4n) is 1.72. The molecular weight excluding hydrogens is 272 g/mol. The van der Waals surface area contributed by atoms with Gasteiger partial charge in [0.25, 0.3) is 0 Å². The average Bonchev–Trinajstić information content (AvgIpc) is 2.36. The molecule has 0 amide bonds. The predicted octanol–water partition coefficient (Wildman–Crippen LogP) is 2.21. The Labute approximate surface area is 114 Å². The van der Waals surface area contributed by atoms with Crippen molar-refractivity contribution in [2.45, 2.75) is 25.8 Å². The molecule has 0 bridgehead atoms. The lowest BCUT2D eigenvalue weighted by Crippen LogP contribution is -2.19. The lowest BCUT2D eigenvalue weighted by molar-refractivity contribution is 0.524. The van der Waals surface area contributed by atoms with Crippen molar-refractivity contribution in [2.75, 3.05) is 18.6 Å². The molecule has 0 aliphatic carbocycles. The fourth-order valence-corrected chi connectivity index (χ4v) is 2.87. The number of halogens is 1. The molecule has 0 aliphatic heterocycles. The van der Waals surface area contributed by atoms with Gasteiger partial charge < -0.3 is 5.32 Å². The van der Waals surface area contributed by atoms with E-state index in [4.69, 9.17) is 11.6 Å². The summed E-state index contributed by atoms with van der Waals surface area (Å²) in [6.45, 7) is 1.67. The molecular formula is C12H19ClN2O2S. The topological polar surface area (TPSA) is 59.1 Å². The summed E-state index contributed by atoms with van der Waals surface area (Å²) < 4.78 is 22.8. The standard InChI is InChI=1S/C12H19ClN2O2S/c1-3-18(16,17)9-5-7-11(14-2)12-10(13)6-4-8-15-12/h4,6,8,11,14H,3,5,7,9H2,1-2H3. The zero-order valence-electron chi connectivity index (χ0n) is 10.7. The SMILES string of the molecule is CCS(=O)(=O)CCCC(NC)c1ncccc1Cl. The van der Waals surface area contributed by atoms with Gasteiger partial charge in [-0.1, -0.05) is 18.5 Å². The first-order valence-electron chi connectivity index (χ1n) is 5.98. The molecule has 0 fully saturated rings. The zero-order valence-corrected chi connectivity index (χ0v) is 12.3. The molecule has 6 heteroatoms. The molecule has 0 saturated heterocycles. The fraction of sp³-hybridized carbons (Fsp3) is 0.583. The minimum Gasteiger partial charge on any atom is -0.312 e. The van der Waals surface area contributed by atoms with E-state index in [1.807, 2.05) is 7.05 Å². The highest BCUT2D eigenvalue weighted by Crippen LogP contribution is 2.23.